The smallest absolute Gasteiger partial charge is 0.0897 e. The van der Waals surface area contributed by atoms with E-state index in [2.05, 4.69) is 23.9 Å². The van der Waals surface area contributed by atoms with Crippen LogP contribution in [0.4, 0.5) is 0 Å². The number of hydrogen-bond donors (Lipinski definition) is 2. The molecule has 84 valence electrons. The summed E-state index contributed by atoms with van der Waals surface area (Å²) in [4.78, 5) is 4.49. The molecule has 0 spiro atoms. The van der Waals surface area contributed by atoms with Crippen LogP contribution in [0.15, 0.2) is 0 Å². The van der Waals surface area contributed by atoms with E-state index in [0.717, 1.165) is 25.9 Å². The zero-order chi connectivity index (χ0) is 10.6. The average molecular weight is 202 g/mol. The SMILES string of the molecule is CN(C)C1CCN(CC(O)CO)CC1. The van der Waals surface area contributed by atoms with E-state index in [4.69, 9.17) is 5.11 Å². The van der Waals surface area contributed by atoms with Crippen LogP contribution < -0.4 is 0 Å². The molecule has 1 unspecified atom stereocenters. The van der Waals surface area contributed by atoms with Crippen molar-refractivity contribution >= 4 is 0 Å². The summed E-state index contributed by atoms with van der Waals surface area (Å²) in [5, 5.41) is 18.0. The van der Waals surface area contributed by atoms with Crippen LogP contribution in [0.5, 0.6) is 0 Å². The molecule has 2 N–H and O–H groups in total. The van der Waals surface area contributed by atoms with Gasteiger partial charge in [0.25, 0.3) is 0 Å². The van der Waals surface area contributed by atoms with Crippen molar-refractivity contribution in [2.45, 2.75) is 25.0 Å². The van der Waals surface area contributed by atoms with Gasteiger partial charge in [0.15, 0.2) is 0 Å². The number of likely N-dealkylation sites (tertiary alicyclic amines) is 1. The lowest BCUT2D eigenvalue weighted by atomic mass is 10.0. The van der Waals surface area contributed by atoms with Crippen LogP contribution >= 0.6 is 0 Å². The highest BCUT2D eigenvalue weighted by atomic mass is 16.3. The molecule has 0 aromatic heterocycles. The molecule has 1 aliphatic rings. The van der Waals surface area contributed by atoms with Crippen LogP contribution in [-0.2, 0) is 0 Å². The fourth-order valence-corrected chi connectivity index (χ4v) is 1.97. The van der Waals surface area contributed by atoms with Gasteiger partial charge in [-0.15, -0.1) is 0 Å². The highest BCUT2D eigenvalue weighted by Crippen LogP contribution is 2.13. The molecular weight excluding hydrogens is 180 g/mol. The van der Waals surface area contributed by atoms with Crippen LogP contribution in [-0.4, -0.2) is 72.5 Å². The van der Waals surface area contributed by atoms with Gasteiger partial charge in [-0.1, -0.05) is 0 Å². The molecule has 4 nitrogen and oxygen atoms in total. The number of piperidine rings is 1. The van der Waals surface area contributed by atoms with Gasteiger partial charge in [0, 0.05) is 12.6 Å². The molecule has 1 fully saturated rings. The van der Waals surface area contributed by atoms with Gasteiger partial charge in [-0.2, -0.15) is 0 Å². The first-order valence-electron chi connectivity index (χ1n) is 5.31. The van der Waals surface area contributed by atoms with Gasteiger partial charge >= 0.3 is 0 Å². The van der Waals surface area contributed by atoms with Gasteiger partial charge < -0.3 is 20.0 Å². The van der Waals surface area contributed by atoms with Gasteiger partial charge in [0.05, 0.1) is 12.7 Å². The molecule has 1 atom stereocenters. The fourth-order valence-electron chi connectivity index (χ4n) is 1.97. The molecule has 1 saturated heterocycles. The van der Waals surface area contributed by atoms with E-state index in [1.165, 1.54) is 0 Å². The van der Waals surface area contributed by atoms with Crippen LogP contribution in [0.2, 0.25) is 0 Å². The van der Waals surface area contributed by atoms with Gasteiger partial charge in [-0.3, -0.25) is 0 Å². The van der Waals surface area contributed by atoms with Crippen LogP contribution in [0.3, 0.4) is 0 Å². The predicted molar refractivity (Wildman–Crippen MR) is 56.2 cm³/mol. The largest absolute Gasteiger partial charge is 0.394 e. The topological polar surface area (TPSA) is 46.9 Å². The van der Waals surface area contributed by atoms with E-state index in [-0.39, 0.29) is 6.61 Å². The summed E-state index contributed by atoms with van der Waals surface area (Å²) >= 11 is 0. The quantitative estimate of drug-likeness (QED) is 0.637. The molecule has 0 aliphatic carbocycles. The van der Waals surface area contributed by atoms with Crippen molar-refractivity contribution in [2.75, 3.05) is 40.3 Å². The molecule has 0 bridgehead atoms. The second-order valence-electron chi connectivity index (χ2n) is 4.33. The second-order valence-corrected chi connectivity index (χ2v) is 4.33. The minimum absolute atomic E-state index is 0.131. The Labute approximate surface area is 86.1 Å². The Morgan fingerprint density at radius 3 is 2.36 bits per heavy atom. The third kappa shape index (κ3) is 3.53. The number of aliphatic hydroxyl groups excluding tert-OH is 2. The Morgan fingerprint density at radius 2 is 1.93 bits per heavy atom. The lowest BCUT2D eigenvalue weighted by Crippen LogP contribution is -2.44. The zero-order valence-electron chi connectivity index (χ0n) is 9.19. The Balaban J connectivity index is 2.22. The Kier molecular flexibility index (Phi) is 4.81. The van der Waals surface area contributed by atoms with Crippen LogP contribution in [0, 0.1) is 0 Å². The molecular formula is C10H22N2O2. The molecule has 0 aromatic rings. The number of nitrogens with zero attached hydrogens (tertiary/aromatic N) is 2. The maximum Gasteiger partial charge on any atom is 0.0897 e. The van der Waals surface area contributed by atoms with E-state index in [9.17, 15) is 5.11 Å². The first-order valence-corrected chi connectivity index (χ1v) is 5.31. The zero-order valence-corrected chi connectivity index (χ0v) is 9.19. The van der Waals surface area contributed by atoms with E-state index in [1.54, 1.807) is 0 Å². The highest BCUT2D eigenvalue weighted by Gasteiger charge is 2.21. The summed E-state index contributed by atoms with van der Waals surface area (Å²) in [5.41, 5.74) is 0. The van der Waals surface area contributed by atoms with Gasteiger partial charge in [0.1, 0.15) is 0 Å². The highest BCUT2D eigenvalue weighted by molar-refractivity contribution is 4.77. The normalized spacial score (nSPS) is 22.9. The number of aliphatic hydroxyl groups is 2. The molecule has 1 rings (SSSR count). The van der Waals surface area contributed by atoms with E-state index < -0.39 is 6.10 Å². The molecule has 0 saturated carbocycles. The average Bonchev–Trinajstić information content (AvgIpc) is 2.18. The molecule has 4 heteroatoms. The predicted octanol–water partition coefficient (Wildman–Crippen LogP) is -0.634. The van der Waals surface area contributed by atoms with E-state index >= 15 is 0 Å². The maximum atomic E-state index is 9.28. The van der Waals surface area contributed by atoms with Crippen molar-refractivity contribution in [3.8, 4) is 0 Å². The van der Waals surface area contributed by atoms with Crippen molar-refractivity contribution < 1.29 is 10.2 Å². The molecule has 0 amide bonds. The Morgan fingerprint density at radius 1 is 1.36 bits per heavy atom. The summed E-state index contributed by atoms with van der Waals surface area (Å²) in [6.07, 6.45) is 1.74. The molecule has 0 radical (unpaired) electrons. The summed E-state index contributed by atoms with van der Waals surface area (Å²) in [6, 6.07) is 0.678. The van der Waals surface area contributed by atoms with Gasteiger partial charge in [-0.25, -0.2) is 0 Å². The van der Waals surface area contributed by atoms with Crippen molar-refractivity contribution in [1.82, 2.24) is 9.80 Å². The standard InChI is InChI=1S/C10H22N2O2/c1-11(2)9-3-5-12(6-4-9)7-10(14)8-13/h9-10,13-14H,3-8H2,1-2H3. The molecule has 0 aromatic carbocycles. The number of hydrogen-bond acceptors (Lipinski definition) is 4. The Bertz CT molecular complexity index is 156. The van der Waals surface area contributed by atoms with Gasteiger partial charge in [0.2, 0.25) is 0 Å². The molecule has 1 heterocycles. The fraction of sp³-hybridized carbons (Fsp3) is 1.00. The first kappa shape index (κ1) is 11.9. The third-order valence-electron chi connectivity index (χ3n) is 2.97. The van der Waals surface area contributed by atoms with Crippen molar-refractivity contribution in [1.29, 1.82) is 0 Å². The minimum atomic E-state index is -0.578. The Hall–Kier alpha value is -0.160. The molecule has 1 aliphatic heterocycles. The van der Waals surface area contributed by atoms with Crippen LogP contribution in [0.1, 0.15) is 12.8 Å². The summed E-state index contributed by atoms with van der Waals surface area (Å²) in [6.45, 7) is 2.53. The molecule has 14 heavy (non-hydrogen) atoms. The summed E-state index contributed by atoms with van der Waals surface area (Å²) in [5.74, 6) is 0. The van der Waals surface area contributed by atoms with Crippen molar-refractivity contribution in [2.24, 2.45) is 0 Å². The number of β-amino-alcohol motifs (C(OH)–C–C–N with tert-alkyl or cyclic N) is 1. The van der Waals surface area contributed by atoms with E-state index in [1.807, 2.05) is 0 Å². The van der Waals surface area contributed by atoms with Crippen LogP contribution in [0.25, 0.3) is 0 Å². The third-order valence-corrected chi connectivity index (χ3v) is 2.97. The monoisotopic (exact) mass is 202 g/mol. The van der Waals surface area contributed by atoms with Crippen molar-refractivity contribution in [3.63, 3.8) is 0 Å². The first-order chi connectivity index (χ1) is 6.63. The number of rotatable bonds is 4. The summed E-state index contributed by atoms with van der Waals surface area (Å²) in [7, 11) is 4.23. The summed E-state index contributed by atoms with van der Waals surface area (Å²) < 4.78 is 0. The lowest BCUT2D eigenvalue weighted by molar-refractivity contribution is 0.0436. The van der Waals surface area contributed by atoms with E-state index in [0.29, 0.717) is 12.6 Å². The van der Waals surface area contributed by atoms with Gasteiger partial charge in [-0.05, 0) is 40.0 Å². The van der Waals surface area contributed by atoms with Crippen molar-refractivity contribution in [3.05, 3.63) is 0 Å². The maximum absolute atomic E-state index is 9.28. The minimum Gasteiger partial charge on any atom is -0.394 e. The second kappa shape index (κ2) is 5.66. The lowest BCUT2D eigenvalue weighted by Gasteiger charge is -2.35.